The summed E-state index contributed by atoms with van der Waals surface area (Å²) in [4.78, 5) is 24.8. The van der Waals surface area contributed by atoms with Gasteiger partial charge in [0.2, 0.25) is 0 Å². The summed E-state index contributed by atoms with van der Waals surface area (Å²) in [6.07, 6.45) is 0. The van der Waals surface area contributed by atoms with Gasteiger partial charge in [-0.1, -0.05) is 0 Å². The monoisotopic (exact) mass is 273 g/mol. The van der Waals surface area contributed by atoms with Gasteiger partial charge in [0.1, 0.15) is 5.69 Å². The number of carboxylic acids is 1. The lowest BCUT2D eigenvalue weighted by molar-refractivity contribution is 0.0683. The number of carbonyl (C=O) groups is 1. The zero-order valence-electron chi connectivity index (χ0n) is 10.6. The van der Waals surface area contributed by atoms with Crippen molar-refractivity contribution in [3.05, 3.63) is 40.5 Å². The number of aryl methyl sites for hydroxylation is 1. The van der Waals surface area contributed by atoms with E-state index in [0.717, 1.165) is 0 Å². The summed E-state index contributed by atoms with van der Waals surface area (Å²) in [7, 11) is 0. The molecule has 7 heteroatoms. The average molecular weight is 273 g/mol. The van der Waals surface area contributed by atoms with Gasteiger partial charge in [0, 0.05) is 12.1 Å². The average Bonchev–Trinajstić information content (AvgIpc) is 2.99. The van der Waals surface area contributed by atoms with Gasteiger partial charge in [-0.25, -0.2) is 9.59 Å². The fourth-order valence-corrected chi connectivity index (χ4v) is 2.08. The van der Waals surface area contributed by atoms with Crippen molar-refractivity contribution in [2.75, 3.05) is 0 Å². The standard InChI is InChI=1S/C13H11N3O4/c1-2-16-10(12(17)18)6-8(15-16)7-3-4-11-9(5-7)14-13(19)20-11/h3-6H,2H2,1H3,(H,14,19)(H,17,18). The maximum absolute atomic E-state index is 11.1. The van der Waals surface area contributed by atoms with Crippen molar-refractivity contribution in [3.8, 4) is 11.3 Å². The molecule has 0 saturated carbocycles. The molecule has 3 aromatic rings. The molecule has 0 radical (unpaired) electrons. The third-order valence-corrected chi connectivity index (χ3v) is 3.01. The molecule has 2 heterocycles. The van der Waals surface area contributed by atoms with Gasteiger partial charge < -0.3 is 9.52 Å². The number of nitrogens with zero attached hydrogens (tertiary/aromatic N) is 2. The van der Waals surface area contributed by atoms with Crippen molar-refractivity contribution in [3.63, 3.8) is 0 Å². The van der Waals surface area contributed by atoms with E-state index >= 15 is 0 Å². The summed E-state index contributed by atoms with van der Waals surface area (Å²) in [5.41, 5.74) is 2.38. The van der Waals surface area contributed by atoms with E-state index in [0.29, 0.717) is 28.9 Å². The van der Waals surface area contributed by atoms with Gasteiger partial charge in [0.15, 0.2) is 5.58 Å². The van der Waals surface area contributed by atoms with Crippen LogP contribution >= 0.6 is 0 Å². The molecule has 0 fully saturated rings. The second-order valence-corrected chi connectivity index (χ2v) is 4.26. The molecular weight excluding hydrogens is 262 g/mol. The van der Waals surface area contributed by atoms with E-state index in [9.17, 15) is 9.59 Å². The first-order valence-electron chi connectivity index (χ1n) is 6.03. The van der Waals surface area contributed by atoms with Crippen LogP contribution in [0.4, 0.5) is 0 Å². The van der Waals surface area contributed by atoms with Gasteiger partial charge in [-0.15, -0.1) is 0 Å². The van der Waals surface area contributed by atoms with Crippen molar-refractivity contribution in [2.45, 2.75) is 13.5 Å². The number of rotatable bonds is 3. The molecule has 1 aromatic carbocycles. The lowest BCUT2D eigenvalue weighted by atomic mass is 10.1. The molecule has 0 aliphatic carbocycles. The number of hydrogen-bond donors (Lipinski definition) is 2. The number of aromatic nitrogens is 3. The van der Waals surface area contributed by atoms with Crippen LogP contribution in [0, 0.1) is 0 Å². The Morgan fingerprint density at radius 3 is 2.90 bits per heavy atom. The number of aromatic carboxylic acids is 1. The SMILES string of the molecule is CCn1nc(-c2ccc3oc(=O)[nH]c3c2)cc1C(=O)O. The van der Waals surface area contributed by atoms with E-state index in [2.05, 4.69) is 10.1 Å². The number of carboxylic acid groups (broad SMARTS) is 1. The molecule has 0 atom stereocenters. The first-order valence-corrected chi connectivity index (χ1v) is 6.03. The molecule has 0 aliphatic rings. The number of oxazole rings is 1. The zero-order chi connectivity index (χ0) is 14.3. The summed E-state index contributed by atoms with van der Waals surface area (Å²) < 4.78 is 6.33. The smallest absolute Gasteiger partial charge is 0.417 e. The van der Waals surface area contributed by atoms with E-state index < -0.39 is 11.7 Å². The van der Waals surface area contributed by atoms with E-state index in [-0.39, 0.29) is 5.69 Å². The Balaban J connectivity index is 2.14. The molecule has 20 heavy (non-hydrogen) atoms. The maximum Gasteiger partial charge on any atom is 0.417 e. The molecule has 0 unspecified atom stereocenters. The Labute approximate surface area is 112 Å². The highest BCUT2D eigenvalue weighted by molar-refractivity contribution is 5.88. The molecule has 0 amide bonds. The first kappa shape index (κ1) is 12.2. The molecule has 2 N–H and O–H groups in total. The fraction of sp³-hybridized carbons (Fsp3) is 0.154. The van der Waals surface area contributed by atoms with Gasteiger partial charge in [-0.3, -0.25) is 9.67 Å². The molecule has 0 bridgehead atoms. The first-order chi connectivity index (χ1) is 9.58. The molecule has 0 spiro atoms. The summed E-state index contributed by atoms with van der Waals surface area (Å²) in [5.74, 6) is -1.55. The molecule has 0 saturated heterocycles. The van der Waals surface area contributed by atoms with Gasteiger partial charge in [-0.2, -0.15) is 5.10 Å². The van der Waals surface area contributed by atoms with E-state index in [1.807, 2.05) is 6.92 Å². The number of nitrogens with one attached hydrogen (secondary N) is 1. The second kappa shape index (κ2) is 4.37. The van der Waals surface area contributed by atoms with E-state index in [4.69, 9.17) is 9.52 Å². The summed E-state index contributed by atoms with van der Waals surface area (Å²) in [5, 5.41) is 13.4. The molecule has 0 aliphatic heterocycles. The summed E-state index contributed by atoms with van der Waals surface area (Å²) in [6, 6.07) is 6.58. The molecule has 3 rings (SSSR count). The fourth-order valence-electron chi connectivity index (χ4n) is 2.08. The highest BCUT2D eigenvalue weighted by atomic mass is 16.4. The minimum atomic E-state index is -1.02. The van der Waals surface area contributed by atoms with Crippen LogP contribution in [0.2, 0.25) is 0 Å². The molecule has 102 valence electrons. The van der Waals surface area contributed by atoms with E-state index in [1.54, 1.807) is 18.2 Å². The zero-order valence-corrected chi connectivity index (χ0v) is 10.6. The minimum Gasteiger partial charge on any atom is -0.477 e. The van der Waals surface area contributed by atoms with Crippen molar-refractivity contribution in [1.29, 1.82) is 0 Å². The predicted molar refractivity (Wildman–Crippen MR) is 70.7 cm³/mol. The normalized spacial score (nSPS) is 11.1. The van der Waals surface area contributed by atoms with Crippen LogP contribution in [0.5, 0.6) is 0 Å². The van der Waals surface area contributed by atoms with Crippen LogP contribution in [-0.4, -0.2) is 25.8 Å². The largest absolute Gasteiger partial charge is 0.477 e. The highest BCUT2D eigenvalue weighted by Gasteiger charge is 2.15. The predicted octanol–water partition coefficient (Wildman–Crippen LogP) is 1.70. The Morgan fingerprint density at radius 1 is 1.45 bits per heavy atom. The molecule has 7 nitrogen and oxygen atoms in total. The second-order valence-electron chi connectivity index (χ2n) is 4.26. The number of fused-ring (bicyclic) bond motifs is 1. The number of H-pyrrole nitrogens is 1. The minimum absolute atomic E-state index is 0.128. The van der Waals surface area contributed by atoms with Crippen molar-refractivity contribution in [1.82, 2.24) is 14.8 Å². The summed E-state index contributed by atoms with van der Waals surface area (Å²) in [6.45, 7) is 2.28. The third-order valence-electron chi connectivity index (χ3n) is 3.01. The van der Waals surface area contributed by atoms with Gasteiger partial charge in [0.05, 0.1) is 11.2 Å². The lowest BCUT2D eigenvalue weighted by Gasteiger charge is -1.98. The topological polar surface area (TPSA) is 101 Å². The lowest BCUT2D eigenvalue weighted by Crippen LogP contribution is -2.07. The Hall–Kier alpha value is -2.83. The van der Waals surface area contributed by atoms with Gasteiger partial charge in [0.25, 0.3) is 0 Å². The van der Waals surface area contributed by atoms with E-state index in [1.165, 1.54) is 10.7 Å². The van der Waals surface area contributed by atoms with Gasteiger partial charge in [-0.05, 0) is 31.2 Å². The van der Waals surface area contributed by atoms with Crippen molar-refractivity contribution < 1.29 is 14.3 Å². The van der Waals surface area contributed by atoms with Crippen LogP contribution < -0.4 is 5.76 Å². The highest BCUT2D eigenvalue weighted by Crippen LogP contribution is 2.23. The molecule has 2 aromatic heterocycles. The Kier molecular flexibility index (Phi) is 2.67. The van der Waals surface area contributed by atoms with Crippen LogP contribution in [0.1, 0.15) is 17.4 Å². The van der Waals surface area contributed by atoms with Crippen molar-refractivity contribution >= 4 is 17.1 Å². The maximum atomic E-state index is 11.1. The van der Waals surface area contributed by atoms with Crippen molar-refractivity contribution in [2.24, 2.45) is 0 Å². The Bertz CT molecular complexity index is 856. The summed E-state index contributed by atoms with van der Waals surface area (Å²) >= 11 is 0. The van der Waals surface area contributed by atoms with Crippen LogP contribution in [-0.2, 0) is 6.54 Å². The number of aromatic amines is 1. The number of benzene rings is 1. The molecular formula is C13H11N3O4. The van der Waals surface area contributed by atoms with Gasteiger partial charge >= 0.3 is 11.7 Å². The number of hydrogen-bond acceptors (Lipinski definition) is 4. The third kappa shape index (κ3) is 1.89. The Morgan fingerprint density at radius 2 is 2.25 bits per heavy atom. The quantitative estimate of drug-likeness (QED) is 0.756. The van der Waals surface area contributed by atoms with Crippen LogP contribution in [0.25, 0.3) is 22.4 Å². The van der Waals surface area contributed by atoms with Crippen LogP contribution in [0.15, 0.2) is 33.5 Å². The van der Waals surface area contributed by atoms with Crippen LogP contribution in [0.3, 0.4) is 0 Å².